The highest BCUT2D eigenvalue weighted by molar-refractivity contribution is 8.01. The first-order chi connectivity index (χ1) is 10.1. The molecule has 0 aromatic heterocycles. The normalized spacial score (nSPS) is 21.0. The Bertz CT molecular complexity index is 497. The summed E-state index contributed by atoms with van der Waals surface area (Å²) in [4.78, 5) is 16.9. The molecular weight excluding hydrogens is 280 g/mol. The quantitative estimate of drug-likeness (QED) is 0.854. The lowest BCUT2D eigenvalue weighted by Crippen LogP contribution is -2.67. The molecule has 0 aliphatic carbocycles. The van der Waals surface area contributed by atoms with Gasteiger partial charge in [-0.05, 0) is 11.5 Å². The first kappa shape index (κ1) is 14.9. The third-order valence-electron chi connectivity index (χ3n) is 4.34. The third kappa shape index (κ3) is 3.11. The van der Waals surface area contributed by atoms with E-state index >= 15 is 0 Å². The van der Waals surface area contributed by atoms with Crippen LogP contribution in [0.3, 0.4) is 0 Å². The average Bonchev–Trinajstić information content (AvgIpc) is 2.81. The Morgan fingerprint density at radius 3 is 2.67 bits per heavy atom. The van der Waals surface area contributed by atoms with E-state index < -0.39 is 0 Å². The zero-order valence-electron chi connectivity index (χ0n) is 12.9. The molecule has 2 saturated heterocycles. The number of rotatable bonds is 4. The van der Waals surface area contributed by atoms with Gasteiger partial charge in [0.25, 0.3) is 0 Å². The second-order valence-corrected chi connectivity index (χ2v) is 8.01. The minimum absolute atomic E-state index is 0.183. The summed E-state index contributed by atoms with van der Waals surface area (Å²) >= 11 is 2.03. The molecular formula is C17H24N2OS. The van der Waals surface area contributed by atoms with Gasteiger partial charge in [-0.15, -0.1) is 11.8 Å². The summed E-state index contributed by atoms with van der Waals surface area (Å²) in [5.74, 6) is 1.95. The maximum Gasteiger partial charge on any atom is 0.223 e. The van der Waals surface area contributed by atoms with Gasteiger partial charge >= 0.3 is 0 Å². The fourth-order valence-electron chi connectivity index (χ4n) is 3.16. The van der Waals surface area contributed by atoms with Gasteiger partial charge < -0.3 is 4.90 Å². The maximum absolute atomic E-state index is 12.1. The summed E-state index contributed by atoms with van der Waals surface area (Å²) in [5.41, 5.74) is 1.37. The van der Waals surface area contributed by atoms with Crippen LogP contribution in [0.15, 0.2) is 30.3 Å². The molecule has 114 valence electrons. The van der Waals surface area contributed by atoms with E-state index in [1.165, 1.54) is 11.3 Å². The first-order valence-corrected chi connectivity index (χ1v) is 8.78. The van der Waals surface area contributed by atoms with Gasteiger partial charge in [0.05, 0.1) is 13.1 Å². The average molecular weight is 304 g/mol. The Morgan fingerprint density at radius 2 is 2.00 bits per heavy atom. The number of carbonyl (C=O) groups excluding carboxylic acids is 1. The molecule has 0 unspecified atom stereocenters. The standard InChI is InChI=1S/C17H24N2OS/c1-14(2)10-16(20)18-12-17(13-18)19(8-9-21-17)11-15-6-4-3-5-7-15/h3-7,14H,8-13H2,1-2H3. The highest BCUT2D eigenvalue weighted by Gasteiger charge is 2.52. The van der Waals surface area contributed by atoms with Gasteiger partial charge in [-0.3, -0.25) is 9.69 Å². The smallest absolute Gasteiger partial charge is 0.223 e. The number of benzene rings is 1. The molecule has 0 atom stereocenters. The minimum atomic E-state index is 0.183. The SMILES string of the molecule is CC(C)CC(=O)N1CC2(C1)SCCN2Cc1ccccc1. The number of likely N-dealkylation sites (tertiary alicyclic amines) is 1. The van der Waals surface area contributed by atoms with E-state index in [9.17, 15) is 4.79 Å². The molecule has 0 N–H and O–H groups in total. The number of thioether (sulfide) groups is 1. The van der Waals surface area contributed by atoms with Crippen LogP contribution < -0.4 is 0 Å². The molecule has 2 aliphatic heterocycles. The van der Waals surface area contributed by atoms with Crippen molar-refractivity contribution in [3.05, 3.63) is 35.9 Å². The van der Waals surface area contributed by atoms with E-state index in [4.69, 9.17) is 0 Å². The predicted molar refractivity (Wildman–Crippen MR) is 88.1 cm³/mol. The molecule has 2 heterocycles. The number of hydrogen-bond acceptors (Lipinski definition) is 3. The second-order valence-electron chi connectivity index (χ2n) is 6.55. The molecule has 1 amide bonds. The zero-order chi connectivity index (χ0) is 14.9. The molecule has 4 heteroatoms. The highest BCUT2D eigenvalue weighted by atomic mass is 32.2. The second kappa shape index (κ2) is 6.01. The Hall–Kier alpha value is -1.00. The van der Waals surface area contributed by atoms with Crippen LogP contribution in [0.5, 0.6) is 0 Å². The number of amides is 1. The summed E-state index contributed by atoms with van der Waals surface area (Å²) < 4.78 is 0. The zero-order valence-corrected chi connectivity index (χ0v) is 13.7. The molecule has 2 aliphatic rings. The third-order valence-corrected chi connectivity index (χ3v) is 5.78. The van der Waals surface area contributed by atoms with Gasteiger partial charge in [0.15, 0.2) is 0 Å². The largest absolute Gasteiger partial charge is 0.337 e. The summed E-state index contributed by atoms with van der Waals surface area (Å²) in [5, 5.41) is 0. The lowest BCUT2D eigenvalue weighted by atomic mass is 10.0. The number of carbonyl (C=O) groups is 1. The molecule has 1 aromatic carbocycles. The number of hydrogen-bond donors (Lipinski definition) is 0. The minimum Gasteiger partial charge on any atom is -0.337 e. The van der Waals surface area contributed by atoms with Crippen molar-refractivity contribution in [1.82, 2.24) is 9.80 Å². The molecule has 21 heavy (non-hydrogen) atoms. The lowest BCUT2D eigenvalue weighted by molar-refractivity contribution is -0.140. The van der Waals surface area contributed by atoms with Crippen LogP contribution in [0.25, 0.3) is 0 Å². The Labute approximate surface area is 131 Å². The molecule has 1 aromatic rings. The van der Waals surface area contributed by atoms with Gasteiger partial charge in [0.1, 0.15) is 4.87 Å². The molecule has 0 saturated carbocycles. The van der Waals surface area contributed by atoms with Crippen LogP contribution in [0.4, 0.5) is 0 Å². The highest BCUT2D eigenvalue weighted by Crippen LogP contribution is 2.44. The monoisotopic (exact) mass is 304 g/mol. The molecule has 1 spiro atoms. The van der Waals surface area contributed by atoms with Crippen LogP contribution in [0.1, 0.15) is 25.8 Å². The van der Waals surface area contributed by atoms with E-state index in [1.807, 2.05) is 16.7 Å². The van der Waals surface area contributed by atoms with E-state index in [0.29, 0.717) is 18.2 Å². The Kier molecular flexibility index (Phi) is 4.27. The van der Waals surface area contributed by atoms with Crippen LogP contribution in [0, 0.1) is 5.92 Å². The summed E-state index contributed by atoms with van der Waals surface area (Å²) in [6.07, 6.45) is 0.680. The van der Waals surface area contributed by atoms with E-state index in [1.54, 1.807) is 0 Å². The van der Waals surface area contributed by atoms with Crippen LogP contribution in [-0.4, -0.2) is 46.0 Å². The lowest BCUT2D eigenvalue weighted by Gasteiger charge is -2.52. The van der Waals surface area contributed by atoms with Crippen molar-refractivity contribution in [3.8, 4) is 0 Å². The fraction of sp³-hybridized carbons (Fsp3) is 0.588. The summed E-state index contributed by atoms with van der Waals surface area (Å²) in [6.45, 7) is 8.15. The molecule has 3 nitrogen and oxygen atoms in total. The van der Waals surface area contributed by atoms with E-state index in [2.05, 4.69) is 49.1 Å². The first-order valence-electron chi connectivity index (χ1n) is 7.80. The predicted octanol–water partition coefficient (Wildman–Crippen LogP) is 2.82. The van der Waals surface area contributed by atoms with E-state index in [0.717, 1.165) is 26.2 Å². The van der Waals surface area contributed by atoms with Crippen molar-refractivity contribution in [3.63, 3.8) is 0 Å². The van der Waals surface area contributed by atoms with Crippen molar-refractivity contribution < 1.29 is 4.79 Å². The topological polar surface area (TPSA) is 23.6 Å². The summed E-state index contributed by atoms with van der Waals surface area (Å²) in [6, 6.07) is 10.6. The van der Waals surface area contributed by atoms with Crippen LogP contribution in [0.2, 0.25) is 0 Å². The van der Waals surface area contributed by atoms with Crippen molar-refractivity contribution in [2.75, 3.05) is 25.4 Å². The molecule has 2 fully saturated rings. The van der Waals surface area contributed by atoms with Gasteiger partial charge in [-0.25, -0.2) is 0 Å². The Balaban J connectivity index is 1.60. The van der Waals surface area contributed by atoms with Crippen molar-refractivity contribution in [2.45, 2.75) is 31.7 Å². The van der Waals surface area contributed by atoms with Crippen molar-refractivity contribution >= 4 is 17.7 Å². The van der Waals surface area contributed by atoms with Crippen molar-refractivity contribution in [1.29, 1.82) is 0 Å². The van der Waals surface area contributed by atoms with Crippen LogP contribution in [-0.2, 0) is 11.3 Å². The van der Waals surface area contributed by atoms with Crippen LogP contribution >= 0.6 is 11.8 Å². The van der Waals surface area contributed by atoms with Crippen molar-refractivity contribution in [2.24, 2.45) is 5.92 Å². The van der Waals surface area contributed by atoms with E-state index in [-0.39, 0.29) is 4.87 Å². The molecule has 0 bridgehead atoms. The molecule has 0 radical (unpaired) electrons. The van der Waals surface area contributed by atoms with Gasteiger partial charge in [-0.1, -0.05) is 44.2 Å². The fourth-order valence-corrected chi connectivity index (χ4v) is 4.69. The summed E-state index contributed by atoms with van der Waals surface area (Å²) in [7, 11) is 0. The number of nitrogens with zero attached hydrogens (tertiary/aromatic N) is 2. The van der Waals surface area contributed by atoms with Gasteiger partial charge in [0, 0.05) is 25.3 Å². The Morgan fingerprint density at radius 1 is 1.29 bits per heavy atom. The maximum atomic E-state index is 12.1. The van der Waals surface area contributed by atoms with Gasteiger partial charge in [0.2, 0.25) is 5.91 Å². The molecule has 3 rings (SSSR count). The van der Waals surface area contributed by atoms with Gasteiger partial charge in [-0.2, -0.15) is 0 Å².